The largest absolute Gasteiger partial charge is 0.365 e. The number of hydrogen-bond donors (Lipinski definition) is 2. The molecule has 1 aliphatic heterocycles. The van der Waals surface area contributed by atoms with Crippen LogP contribution in [0.5, 0.6) is 0 Å². The number of nitrogens with one attached hydrogen (secondary N) is 2. The van der Waals surface area contributed by atoms with Crippen LogP contribution < -0.4 is 15.5 Å². The smallest absolute Gasteiger partial charge is 0.273 e. The van der Waals surface area contributed by atoms with Crippen molar-refractivity contribution in [2.75, 3.05) is 24.2 Å². The molecule has 10 nitrogen and oxygen atoms in total. The normalized spacial score (nSPS) is 14.5. The molecule has 0 aromatic carbocycles. The Balaban J connectivity index is 1.74. The van der Waals surface area contributed by atoms with Crippen molar-refractivity contribution in [3.05, 3.63) is 35.9 Å². The van der Waals surface area contributed by atoms with E-state index in [2.05, 4.69) is 30.7 Å². The van der Waals surface area contributed by atoms with E-state index in [-0.39, 0.29) is 11.4 Å². The molecule has 0 saturated heterocycles. The zero-order chi connectivity index (χ0) is 20.8. The summed E-state index contributed by atoms with van der Waals surface area (Å²) in [6, 6.07) is 3.37. The molecule has 132 valence electrons. The van der Waals surface area contributed by atoms with Gasteiger partial charge in [-0.15, -0.1) is 5.10 Å². The quantitative estimate of drug-likeness (QED) is 0.707. The van der Waals surface area contributed by atoms with E-state index in [0.29, 0.717) is 12.4 Å². The van der Waals surface area contributed by atoms with Crippen LogP contribution in [0.3, 0.4) is 0 Å². The summed E-state index contributed by atoms with van der Waals surface area (Å²) in [5, 5.41) is 21.3. The third-order valence-corrected chi connectivity index (χ3v) is 4.03. The number of pyridine rings is 1. The molecular weight excluding hydrogens is 334 g/mol. The predicted molar refractivity (Wildman–Crippen MR) is 95.0 cm³/mol. The molecule has 0 atom stereocenters. The van der Waals surface area contributed by atoms with Crippen LogP contribution in [0.25, 0.3) is 11.3 Å². The Kier molecular flexibility index (Phi) is 2.97. The summed E-state index contributed by atoms with van der Waals surface area (Å²) in [6.45, 7) is -2.10. The number of carbonyl (C=O) groups excluding carboxylic acids is 1. The SMILES string of the molecule is [2H]C([2H])([2H])NC(=O)c1nnccc1Nc1nccc2c1N(C)Cc1nn(C)nc1-2. The van der Waals surface area contributed by atoms with Crippen LogP contribution in [0.4, 0.5) is 17.2 Å². The molecular formula is C16H17N9O. The van der Waals surface area contributed by atoms with Crippen molar-refractivity contribution in [1.82, 2.24) is 35.5 Å². The van der Waals surface area contributed by atoms with Crippen molar-refractivity contribution in [3.8, 4) is 11.3 Å². The van der Waals surface area contributed by atoms with E-state index in [4.69, 9.17) is 4.11 Å². The molecule has 3 aromatic heterocycles. The Morgan fingerprint density at radius 2 is 2.15 bits per heavy atom. The molecule has 0 saturated carbocycles. The number of fused-ring (bicyclic) bond motifs is 3. The van der Waals surface area contributed by atoms with Gasteiger partial charge in [-0.3, -0.25) is 4.79 Å². The van der Waals surface area contributed by atoms with Gasteiger partial charge in [-0.05, 0) is 12.1 Å². The van der Waals surface area contributed by atoms with E-state index in [0.717, 1.165) is 22.6 Å². The highest BCUT2D eigenvalue weighted by Gasteiger charge is 2.27. The number of rotatable bonds is 3. The highest BCUT2D eigenvalue weighted by molar-refractivity contribution is 5.99. The number of amides is 1. The van der Waals surface area contributed by atoms with Gasteiger partial charge in [0.05, 0.1) is 24.1 Å². The van der Waals surface area contributed by atoms with Gasteiger partial charge < -0.3 is 15.5 Å². The second-order valence-electron chi connectivity index (χ2n) is 5.77. The number of aromatic nitrogens is 6. The van der Waals surface area contributed by atoms with Crippen molar-refractivity contribution in [3.63, 3.8) is 0 Å². The van der Waals surface area contributed by atoms with Gasteiger partial charge in [-0.2, -0.15) is 20.1 Å². The fourth-order valence-corrected chi connectivity index (χ4v) is 2.98. The van der Waals surface area contributed by atoms with Crippen molar-refractivity contribution in [2.45, 2.75) is 6.54 Å². The van der Waals surface area contributed by atoms with Crippen LogP contribution in [0, 0.1) is 0 Å². The number of anilines is 3. The Morgan fingerprint density at radius 3 is 3.00 bits per heavy atom. The van der Waals surface area contributed by atoms with Gasteiger partial charge in [0.2, 0.25) is 0 Å². The van der Waals surface area contributed by atoms with E-state index < -0.39 is 12.9 Å². The molecule has 1 aliphatic rings. The van der Waals surface area contributed by atoms with Gasteiger partial charge in [-0.1, -0.05) is 0 Å². The van der Waals surface area contributed by atoms with Crippen LogP contribution in [0.2, 0.25) is 0 Å². The summed E-state index contributed by atoms with van der Waals surface area (Å²) < 4.78 is 21.7. The van der Waals surface area contributed by atoms with E-state index in [1.165, 1.54) is 17.1 Å². The lowest BCUT2D eigenvalue weighted by Gasteiger charge is -2.27. The molecule has 2 N–H and O–H groups in total. The van der Waals surface area contributed by atoms with E-state index in [1.54, 1.807) is 13.2 Å². The van der Waals surface area contributed by atoms with Gasteiger partial charge in [0.15, 0.2) is 11.5 Å². The minimum absolute atomic E-state index is 0.151. The Labute approximate surface area is 153 Å². The number of carbonyl (C=O) groups is 1. The molecule has 26 heavy (non-hydrogen) atoms. The minimum Gasteiger partial charge on any atom is -0.365 e. The van der Waals surface area contributed by atoms with Crippen LogP contribution in [-0.4, -0.2) is 50.1 Å². The third-order valence-electron chi connectivity index (χ3n) is 4.03. The van der Waals surface area contributed by atoms with Gasteiger partial charge in [0, 0.05) is 36.9 Å². The second kappa shape index (κ2) is 6.06. The molecule has 1 amide bonds. The molecule has 0 spiro atoms. The number of nitrogens with zero attached hydrogens (tertiary/aromatic N) is 7. The zero-order valence-corrected chi connectivity index (χ0v) is 14.1. The van der Waals surface area contributed by atoms with Crippen molar-refractivity contribution in [2.24, 2.45) is 7.05 Å². The van der Waals surface area contributed by atoms with Crippen molar-refractivity contribution in [1.29, 1.82) is 0 Å². The van der Waals surface area contributed by atoms with Gasteiger partial charge >= 0.3 is 0 Å². The first-order chi connectivity index (χ1) is 13.7. The monoisotopic (exact) mass is 354 g/mol. The summed E-state index contributed by atoms with van der Waals surface area (Å²) in [6.07, 6.45) is 3.02. The van der Waals surface area contributed by atoms with Crippen LogP contribution in [-0.2, 0) is 13.6 Å². The lowest BCUT2D eigenvalue weighted by molar-refractivity contribution is 0.0958. The third kappa shape index (κ3) is 2.51. The summed E-state index contributed by atoms with van der Waals surface area (Å²) in [7, 11) is 3.66. The van der Waals surface area contributed by atoms with E-state index in [1.807, 2.05) is 23.3 Å². The van der Waals surface area contributed by atoms with E-state index >= 15 is 0 Å². The molecule has 0 unspecified atom stereocenters. The summed E-state index contributed by atoms with van der Waals surface area (Å²) in [4.78, 5) is 20.2. The molecule has 3 aromatic rings. The fraction of sp³-hybridized carbons (Fsp3) is 0.250. The summed E-state index contributed by atoms with van der Waals surface area (Å²) in [5.74, 6) is -0.396. The Bertz CT molecular complexity index is 1100. The molecule has 0 bridgehead atoms. The van der Waals surface area contributed by atoms with E-state index in [9.17, 15) is 4.79 Å². The second-order valence-corrected chi connectivity index (χ2v) is 5.77. The standard InChI is InChI=1S/C16H17N9O/c1-17-16(26)13-10(5-7-19-21-13)20-15-14-9(4-6-18-15)12-11(8-24(14)2)22-25(3)23-12/h4-7H,8H2,1-3H3,(H,17,26)(H,18,19,20)/i1D3. The summed E-state index contributed by atoms with van der Waals surface area (Å²) in [5.41, 5.74) is 3.36. The van der Waals surface area contributed by atoms with Crippen LogP contribution in [0.1, 0.15) is 20.3 Å². The fourth-order valence-electron chi connectivity index (χ4n) is 2.98. The highest BCUT2D eigenvalue weighted by atomic mass is 16.1. The predicted octanol–water partition coefficient (Wildman–Crippen LogP) is 0.720. The van der Waals surface area contributed by atoms with Gasteiger partial charge in [0.25, 0.3) is 5.91 Å². The number of aryl methyl sites for hydroxylation is 1. The minimum atomic E-state index is -2.64. The first-order valence-electron chi connectivity index (χ1n) is 9.25. The maximum absolute atomic E-state index is 12.3. The lowest BCUT2D eigenvalue weighted by Crippen LogP contribution is -2.24. The summed E-state index contributed by atoms with van der Waals surface area (Å²) >= 11 is 0. The van der Waals surface area contributed by atoms with Gasteiger partial charge in [-0.25, -0.2) is 4.98 Å². The highest BCUT2D eigenvalue weighted by Crippen LogP contribution is 2.41. The maximum atomic E-state index is 12.3. The van der Waals surface area contributed by atoms with Crippen LogP contribution in [0.15, 0.2) is 24.5 Å². The lowest BCUT2D eigenvalue weighted by atomic mass is 10.0. The molecule has 4 heterocycles. The van der Waals surface area contributed by atoms with Gasteiger partial charge in [0.1, 0.15) is 11.4 Å². The molecule has 0 fully saturated rings. The Hall–Kier alpha value is -3.56. The Morgan fingerprint density at radius 1 is 1.27 bits per heavy atom. The molecule has 0 radical (unpaired) electrons. The molecule has 0 aliphatic carbocycles. The molecule has 10 heteroatoms. The average molecular weight is 354 g/mol. The average Bonchev–Trinajstić information content (AvgIpc) is 3.01. The maximum Gasteiger partial charge on any atom is 0.273 e. The topological polar surface area (TPSA) is 114 Å². The molecule has 4 rings (SSSR count). The first kappa shape index (κ1) is 12.8. The van der Waals surface area contributed by atoms with Crippen molar-refractivity contribution < 1.29 is 8.91 Å². The zero-order valence-electron chi connectivity index (χ0n) is 17.1. The van der Waals surface area contributed by atoms with Crippen LogP contribution >= 0.6 is 0 Å². The first-order valence-corrected chi connectivity index (χ1v) is 7.75. The number of hydrogen-bond acceptors (Lipinski definition) is 8. The van der Waals surface area contributed by atoms with Crippen molar-refractivity contribution >= 4 is 23.1 Å².